The number of thioether (sulfide) groups is 1. The third kappa shape index (κ3) is 6.40. The van der Waals surface area contributed by atoms with Crippen molar-refractivity contribution in [2.45, 2.75) is 37.4 Å². The molecule has 138 valence electrons. The van der Waals surface area contributed by atoms with Crippen molar-refractivity contribution in [3.05, 3.63) is 46.0 Å². The highest BCUT2D eigenvalue weighted by Crippen LogP contribution is 2.22. The van der Waals surface area contributed by atoms with Crippen LogP contribution >= 0.6 is 23.1 Å². The molecule has 0 aromatic carbocycles. The van der Waals surface area contributed by atoms with Gasteiger partial charge in [0.05, 0.1) is 12.3 Å². The van der Waals surface area contributed by atoms with Gasteiger partial charge in [0.1, 0.15) is 11.5 Å². The van der Waals surface area contributed by atoms with E-state index in [1.807, 2.05) is 17.4 Å². The lowest BCUT2D eigenvalue weighted by Gasteiger charge is -2.31. The molecule has 3 rings (SSSR count). The van der Waals surface area contributed by atoms with Crippen LogP contribution < -0.4 is 5.32 Å². The number of nitrogens with one attached hydrogen (secondary N) is 1. The zero-order valence-corrected chi connectivity index (χ0v) is 15.8. The number of halogens is 2. The number of piperidine rings is 1. The van der Waals surface area contributed by atoms with E-state index in [2.05, 4.69) is 27.7 Å². The van der Waals surface area contributed by atoms with Crippen LogP contribution in [0.25, 0.3) is 0 Å². The summed E-state index contributed by atoms with van der Waals surface area (Å²) in [6, 6.07) is 7.98. The Kier molecular flexibility index (Phi) is 7.34. The fourth-order valence-electron chi connectivity index (χ4n) is 3.11. The molecule has 0 unspecified atom stereocenters. The van der Waals surface area contributed by atoms with E-state index in [4.69, 9.17) is 4.42 Å². The first kappa shape index (κ1) is 18.9. The van der Waals surface area contributed by atoms with Crippen molar-refractivity contribution in [3.8, 4) is 0 Å². The van der Waals surface area contributed by atoms with Gasteiger partial charge in [0.2, 0.25) is 0 Å². The number of likely N-dealkylation sites (tertiary alicyclic amines) is 1. The standard InChI is InChI=1S/C18H24F2N2OS2/c19-18(20)25-13-16-4-3-15(23-16)11-21-10-14-5-7-22(8-6-14)12-17-2-1-9-24-17/h1-4,9,14,18,21H,5-8,10-13H2. The molecular formula is C18H24F2N2OS2. The molecule has 0 spiro atoms. The highest BCUT2D eigenvalue weighted by atomic mass is 32.2. The van der Waals surface area contributed by atoms with Gasteiger partial charge in [-0.05, 0) is 62.0 Å². The molecule has 0 aliphatic carbocycles. The number of hydrogen-bond donors (Lipinski definition) is 1. The fraction of sp³-hybridized carbons (Fsp3) is 0.556. The first-order chi connectivity index (χ1) is 12.2. The molecule has 3 nitrogen and oxygen atoms in total. The van der Waals surface area contributed by atoms with Crippen LogP contribution in [0.3, 0.4) is 0 Å². The van der Waals surface area contributed by atoms with Gasteiger partial charge in [0.15, 0.2) is 0 Å². The second-order valence-electron chi connectivity index (χ2n) is 6.37. The lowest BCUT2D eigenvalue weighted by atomic mass is 9.97. The van der Waals surface area contributed by atoms with Crippen molar-refractivity contribution in [1.29, 1.82) is 0 Å². The Morgan fingerprint density at radius 1 is 1.24 bits per heavy atom. The van der Waals surface area contributed by atoms with Gasteiger partial charge in [-0.2, -0.15) is 8.78 Å². The summed E-state index contributed by atoms with van der Waals surface area (Å²) in [6.45, 7) is 5.02. The molecule has 1 N–H and O–H groups in total. The fourth-order valence-corrected chi connectivity index (χ4v) is 4.30. The maximum atomic E-state index is 12.2. The summed E-state index contributed by atoms with van der Waals surface area (Å²) in [7, 11) is 0. The molecule has 7 heteroatoms. The topological polar surface area (TPSA) is 28.4 Å². The predicted octanol–water partition coefficient (Wildman–Crippen LogP) is 4.80. The molecule has 2 aromatic rings. The Morgan fingerprint density at radius 2 is 2.04 bits per heavy atom. The molecule has 1 fully saturated rings. The number of hydrogen-bond acceptors (Lipinski definition) is 5. The third-order valence-electron chi connectivity index (χ3n) is 4.47. The number of alkyl halides is 2. The molecule has 0 atom stereocenters. The zero-order valence-electron chi connectivity index (χ0n) is 14.1. The van der Waals surface area contributed by atoms with Crippen LogP contribution in [0.1, 0.15) is 29.2 Å². The van der Waals surface area contributed by atoms with E-state index in [1.54, 1.807) is 6.07 Å². The molecule has 0 bridgehead atoms. The molecule has 1 saturated heterocycles. The Morgan fingerprint density at radius 3 is 2.76 bits per heavy atom. The van der Waals surface area contributed by atoms with Crippen LogP contribution in [0, 0.1) is 5.92 Å². The largest absolute Gasteiger partial charge is 0.464 e. The van der Waals surface area contributed by atoms with Crippen LogP contribution in [-0.2, 0) is 18.8 Å². The van der Waals surface area contributed by atoms with E-state index in [9.17, 15) is 8.78 Å². The van der Waals surface area contributed by atoms with Crippen LogP contribution in [0.4, 0.5) is 8.78 Å². The van der Waals surface area contributed by atoms with E-state index in [-0.39, 0.29) is 5.75 Å². The number of furan rings is 1. The molecule has 0 saturated carbocycles. The minimum Gasteiger partial charge on any atom is -0.464 e. The van der Waals surface area contributed by atoms with E-state index < -0.39 is 5.76 Å². The third-order valence-corrected chi connectivity index (χ3v) is 6.03. The molecule has 25 heavy (non-hydrogen) atoms. The van der Waals surface area contributed by atoms with Crippen molar-refractivity contribution in [3.63, 3.8) is 0 Å². The van der Waals surface area contributed by atoms with E-state index in [0.717, 1.165) is 31.9 Å². The van der Waals surface area contributed by atoms with Gasteiger partial charge in [-0.1, -0.05) is 17.8 Å². The second-order valence-corrected chi connectivity index (χ2v) is 8.38. The van der Waals surface area contributed by atoms with Gasteiger partial charge in [-0.25, -0.2) is 0 Å². The van der Waals surface area contributed by atoms with Crippen molar-refractivity contribution >= 4 is 23.1 Å². The van der Waals surface area contributed by atoms with Crippen molar-refractivity contribution < 1.29 is 13.2 Å². The second kappa shape index (κ2) is 9.71. The van der Waals surface area contributed by atoms with E-state index >= 15 is 0 Å². The van der Waals surface area contributed by atoms with Gasteiger partial charge in [-0.15, -0.1) is 11.3 Å². The Balaban J connectivity index is 1.31. The molecule has 1 aliphatic heterocycles. The molecule has 1 aliphatic rings. The van der Waals surface area contributed by atoms with Crippen LogP contribution in [0.2, 0.25) is 0 Å². The summed E-state index contributed by atoms with van der Waals surface area (Å²) in [4.78, 5) is 3.97. The number of rotatable bonds is 9. The highest BCUT2D eigenvalue weighted by Gasteiger charge is 2.19. The monoisotopic (exact) mass is 386 g/mol. The molecule has 0 radical (unpaired) electrons. The van der Waals surface area contributed by atoms with Gasteiger partial charge >= 0.3 is 0 Å². The highest BCUT2D eigenvalue weighted by molar-refractivity contribution is 7.98. The first-order valence-corrected chi connectivity index (χ1v) is 10.5. The summed E-state index contributed by atoms with van der Waals surface area (Å²) in [5.41, 5.74) is 0. The van der Waals surface area contributed by atoms with Gasteiger partial charge in [0.25, 0.3) is 5.76 Å². The Hall–Kier alpha value is -0.890. The van der Waals surface area contributed by atoms with E-state index in [0.29, 0.717) is 30.0 Å². The number of nitrogens with zero attached hydrogens (tertiary/aromatic N) is 1. The maximum absolute atomic E-state index is 12.2. The Bertz CT molecular complexity index is 610. The maximum Gasteiger partial charge on any atom is 0.284 e. The first-order valence-electron chi connectivity index (χ1n) is 8.62. The van der Waals surface area contributed by atoms with Crippen molar-refractivity contribution in [2.24, 2.45) is 5.92 Å². The van der Waals surface area contributed by atoms with Gasteiger partial charge in [0, 0.05) is 11.4 Å². The summed E-state index contributed by atoms with van der Waals surface area (Å²) in [5, 5.41) is 5.58. The molecule has 3 heterocycles. The minimum absolute atomic E-state index is 0.223. The summed E-state index contributed by atoms with van der Waals surface area (Å²) >= 11 is 2.42. The average molecular weight is 387 g/mol. The molecule has 2 aromatic heterocycles. The predicted molar refractivity (Wildman–Crippen MR) is 100 cm³/mol. The van der Waals surface area contributed by atoms with Crippen LogP contribution in [-0.4, -0.2) is 30.3 Å². The smallest absolute Gasteiger partial charge is 0.284 e. The van der Waals surface area contributed by atoms with Crippen molar-refractivity contribution in [2.75, 3.05) is 19.6 Å². The SMILES string of the molecule is FC(F)SCc1ccc(CNCC2CCN(Cc3cccs3)CC2)o1. The van der Waals surface area contributed by atoms with Crippen LogP contribution in [0.15, 0.2) is 34.1 Å². The van der Waals surface area contributed by atoms with Crippen LogP contribution in [0.5, 0.6) is 0 Å². The minimum atomic E-state index is -2.35. The summed E-state index contributed by atoms with van der Waals surface area (Å²) in [6.07, 6.45) is 2.43. The molecular weight excluding hydrogens is 362 g/mol. The Labute approximate surface area is 155 Å². The van der Waals surface area contributed by atoms with E-state index in [1.165, 1.54) is 17.7 Å². The number of thiophene rings is 1. The van der Waals surface area contributed by atoms with Gasteiger partial charge < -0.3 is 9.73 Å². The summed E-state index contributed by atoms with van der Waals surface area (Å²) < 4.78 is 29.9. The normalized spacial score (nSPS) is 16.8. The quantitative estimate of drug-likeness (QED) is 0.670. The summed E-state index contributed by atoms with van der Waals surface area (Å²) in [5.74, 6) is 0.00476. The van der Waals surface area contributed by atoms with Crippen molar-refractivity contribution in [1.82, 2.24) is 10.2 Å². The zero-order chi connectivity index (χ0) is 17.5. The lowest BCUT2D eigenvalue weighted by molar-refractivity contribution is 0.176. The van der Waals surface area contributed by atoms with Gasteiger partial charge in [-0.3, -0.25) is 4.90 Å². The lowest BCUT2D eigenvalue weighted by Crippen LogP contribution is -2.36. The average Bonchev–Trinajstić information content (AvgIpc) is 3.26. The molecule has 0 amide bonds.